The molecule has 0 N–H and O–H groups in total. The van der Waals surface area contributed by atoms with Gasteiger partial charge >= 0.3 is 6.18 Å². The summed E-state index contributed by atoms with van der Waals surface area (Å²) in [4.78, 5) is 25.4. The smallest absolute Gasteiger partial charge is 0.383 e. The molecule has 0 aromatic carbocycles. The van der Waals surface area contributed by atoms with Crippen LogP contribution in [0.5, 0.6) is 0 Å². The predicted octanol–water partition coefficient (Wildman–Crippen LogP) is 0.502. The lowest BCUT2D eigenvalue weighted by Gasteiger charge is -2.22. The van der Waals surface area contributed by atoms with E-state index >= 15 is 0 Å². The first-order chi connectivity index (χ1) is 8.74. The number of methoxy groups -OCH3 is 1. The summed E-state index contributed by atoms with van der Waals surface area (Å²) in [5.74, 6) is -1.57. The average Bonchev–Trinajstić information content (AvgIpc) is 2.64. The number of carbonyl (C=O) groups excluding carboxylic acids is 2. The summed E-state index contributed by atoms with van der Waals surface area (Å²) in [5, 5.41) is 0. The monoisotopic (exact) mass is 282 g/mol. The lowest BCUT2D eigenvalue weighted by Crippen LogP contribution is -2.40. The van der Waals surface area contributed by atoms with Gasteiger partial charge in [-0.15, -0.1) is 0 Å². The fraction of sp³-hybridized carbons (Fsp3) is 0.818. The molecule has 19 heavy (non-hydrogen) atoms. The minimum absolute atomic E-state index is 0.0370. The topological polar surface area (TPSA) is 49.9 Å². The van der Waals surface area contributed by atoms with Crippen LogP contribution in [-0.2, 0) is 14.3 Å². The second kappa shape index (κ2) is 6.23. The number of hydrogen-bond acceptors (Lipinski definition) is 3. The van der Waals surface area contributed by atoms with Crippen LogP contribution >= 0.6 is 0 Å². The van der Waals surface area contributed by atoms with Gasteiger partial charge in [0.1, 0.15) is 6.54 Å². The highest BCUT2D eigenvalue weighted by atomic mass is 19.4. The van der Waals surface area contributed by atoms with Gasteiger partial charge in [-0.25, -0.2) is 0 Å². The van der Waals surface area contributed by atoms with E-state index < -0.39 is 24.5 Å². The van der Waals surface area contributed by atoms with Crippen LogP contribution in [0.4, 0.5) is 13.2 Å². The maximum atomic E-state index is 12.2. The van der Waals surface area contributed by atoms with Gasteiger partial charge in [-0.2, -0.15) is 13.2 Å². The van der Waals surface area contributed by atoms with E-state index in [0.717, 1.165) is 7.05 Å². The summed E-state index contributed by atoms with van der Waals surface area (Å²) in [5.41, 5.74) is 0. The number of rotatable bonds is 5. The molecule has 1 aliphatic heterocycles. The van der Waals surface area contributed by atoms with Crippen molar-refractivity contribution in [2.75, 3.05) is 40.4 Å². The van der Waals surface area contributed by atoms with Crippen molar-refractivity contribution < 1.29 is 27.5 Å². The number of halogens is 3. The first-order valence-corrected chi connectivity index (χ1v) is 5.83. The van der Waals surface area contributed by atoms with E-state index in [1.54, 1.807) is 0 Å². The maximum absolute atomic E-state index is 12.2. The summed E-state index contributed by atoms with van der Waals surface area (Å²) in [7, 11) is 2.58. The Balaban J connectivity index is 2.53. The third-order valence-electron chi connectivity index (χ3n) is 2.92. The Bertz CT molecular complexity index is 347. The molecular formula is C11H17F3N2O3. The van der Waals surface area contributed by atoms with Gasteiger partial charge in [0.2, 0.25) is 11.8 Å². The van der Waals surface area contributed by atoms with Crippen molar-refractivity contribution in [3.63, 3.8) is 0 Å². The number of likely N-dealkylation sites (tertiary alicyclic amines) is 1. The summed E-state index contributed by atoms with van der Waals surface area (Å²) < 4.78 is 41.4. The Morgan fingerprint density at radius 1 is 1.53 bits per heavy atom. The van der Waals surface area contributed by atoms with E-state index in [9.17, 15) is 22.8 Å². The third kappa shape index (κ3) is 4.70. The summed E-state index contributed by atoms with van der Waals surface area (Å²) in [6, 6.07) is 0. The number of hydrogen-bond donors (Lipinski definition) is 0. The van der Waals surface area contributed by atoms with Crippen molar-refractivity contribution in [3.8, 4) is 0 Å². The van der Waals surface area contributed by atoms with E-state index in [0.29, 0.717) is 18.1 Å². The molecule has 1 heterocycles. The van der Waals surface area contributed by atoms with Crippen LogP contribution in [0.1, 0.15) is 6.42 Å². The zero-order valence-electron chi connectivity index (χ0n) is 10.9. The van der Waals surface area contributed by atoms with Crippen molar-refractivity contribution in [2.24, 2.45) is 5.92 Å². The molecule has 1 rings (SSSR count). The number of nitrogens with zero attached hydrogens (tertiary/aromatic N) is 2. The lowest BCUT2D eigenvalue weighted by molar-refractivity contribution is -0.160. The second-order valence-electron chi connectivity index (χ2n) is 4.54. The molecule has 110 valence electrons. The second-order valence-corrected chi connectivity index (χ2v) is 4.54. The molecule has 2 amide bonds. The fourth-order valence-corrected chi connectivity index (χ4v) is 2.01. The quantitative estimate of drug-likeness (QED) is 0.738. The normalized spacial score (nSPS) is 19.9. The minimum Gasteiger partial charge on any atom is -0.383 e. The molecule has 8 heteroatoms. The Labute approximate surface area is 109 Å². The molecule has 0 aromatic rings. The molecule has 0 aromatic heterocycles. The first-order valence-electron chi connectivity index (χ1n) is 5.83. The lowest BCUT2D eigenvalue weighted by atomic mass is 10.1. The van der Waals surface area contributed by atoms with Gasteiger partial charge < -0.3 is 14.5 Å². The van der Waals surface area contributed by atoms with Crippen molar-refractivity contribution >= 4 is 11.8 Å². The Hall–Kier alpha value is -1.31. The molecular weight excluding hydrogens is 265 g/mol. The van der Waals surface area contributed by atoms with Gasteiger partial charge in [0.25, 0.3) is 0 Å². The minimum atomic E-state index is -4.43. The molecule has 5 nitrogen and oxygen atoms in total. The number of amides is 2. The van der Waals surface area contributed by atoms with E-state index in [4.69, 9.17) is 4.74 Å². The third-order valence-corrected chi connectivity index (χ3v) is 2.92. The Morgan fingerprint density at radius 2 is 2.16 bits per heavy atom. The van der Waals surface area contributed by atoms with Gasteiger partial charge in [0, 0.05) is 33.7 Å². The molecule has 1 aliphatic rings. The van der Waals surface area contributed by atoms with Crippen LogP contribution in [-0.4, -0.2) is 68.2 Å². The molecule has 1 fully saturated rings. The van der Waals surface area contributed by atoms with Crippen LogP contribution in [0, 0.1) is 5.92 Å². The zero-order valence-corrected chi connectivity index (χ0v) is 10.9. The number of ether oxygens (including phenoxy) is 1. The Morgan fingerprint density at radius 3 is 2.68 bits per heavy atom. The summed E-state index contributed by atoms with van der Waals surface area (Å²) >= 11 is 0. The van der Waals surface area contributed by atoms with Gasteiger partial charge in [0.05, 0.1) is 12.5 Å². The largest absolute Gasteiger partial charge is 0.406 e. The number of carbonyl (C=O) groups is 2. The van der Waals surface area contributed by atoms with Crippen molar-refractivity contribution in [1.82, 2.24) is 9.80 Å². The molecule has 0 spiro atoms. The summed E-state index contributed by atoms with van der Waals surface area (Å²) in [6.07, 6.45) is -4.46. The van der Waals surface area contributed by atoms with Crippen LogP contribution in [0.3, 0.4) is 0 Å². The van der Waals surface area contributed by atoms with E-state index in [2.05, 4.69) is 0 Å². The van der Waals surface area contributed by atoms with Gasteiger partial charge in [0.15, 0.2) is 0 Å². The van der Waals surface area contributed by atoms with Crippen LogP contribution in [0.15, 0.2) is 0 Å². The highest BCUT2D eigenvalue weighted by molar-refractivity contribution is 5.89. The highest BCUT2D eigenvalue weighted by Gasteiger charge is 2.38. The average molecular weight is 282 g/mol. The van der Waals surface area contributed by atoms with E-state index in [1.165, 1.54) is 12.0 Å². The molecule has 1 saturated heterocycles. The van der Waals surface area contributed by atoms with E-state index in [1.807, 2.05) is 0 Å². The van der Waals surface area contributed by atoms with Crippen molar-refractivity contribution in [1.29, 1.82) is 0 Å². The maximum Gasteiger partial charge on any atom is 0.406 e. The molecule has 0 saturated carbocycles. The molecule has 0 radical (unpaired) electrons. The van der Waals surface area contributed by atoms with Crippen LogP contribution in [0.25, 0.3) is 0 Å². The predicted molar refractivity (Wildman–Crippen MR) is 60.3 cm³/mol. The van der Waals surface area contributed by atoms with Gasteiger partial charge in [-0.05, 0) is 0 Å². The standard InChI is InChI=1S/C11H17F3N2O3/c1-15(7-11(12,13)14)10(18)8-5-9(17)16(6-8)3-4-19-2/h8H,3-7H2,1-2H3. The SMILES string of the molecule is COCCN1CC(C(=O)N(C)CC(F)(F)F)CC1=O. The fourth-order valence-electron chi connectivity index (χ4n) is 2.01. The van der Waals surface area contributed by atoms with Gasteiger partial charge in [-0.1, -0.05) is 0 Å². The van der Waals surface area contributed by atoms with Crippen LogP contribution < -0.4 is 0 Å². The first kappa shape index (κ1) is 15.7. The van der Waals surface area contributed by atoms with Crippen molar-refractivity contribution in [3.05, 3.63) is 0 Å². The molecule has 0 bridgehead atoms. The number of alkyl halides is 3. The highest BCUT2D eigenvalue weighted by Crippen LogP contribution is 2.22. The van der Waals surface area contributed by atoms with Gasteiger partial charge in [-0.3, -0.25) is 9.59 Å². The van der Waals surface area contributed by atoms with E-state index in [-0.39, 0.29) is 18.9 Å². The Kier molecular flexibility index (Phi) is 5.16. The van der Waals surface area contributed by atoms with Crippen molar-refractivity contribution in [2.45, 2.75) is 12.6 Å². The molecule has 0 aliphatic carbocycles. The van der Waals surface area contributed by atoms with Crippen LogP contribution in [0.2, 0.25) is 0 Å². The zero-order chi connectivity index (χ0) is 14.6. The summed E-state index contributed by atoms with van der Waals surface area (Å²) in [6.45, 7) is -0.453. The molecule has 1 atom stereocenters. The molecule has 1 unspecified atom stereocenters.